The van der Waals surface area contributed by atoms with Gasteiger partial charge in [0.2, 0.25) is 6.79 Å². The van der Waals surface area contributed by atoms with Crippen LogP contribution in [0.25, 0.3) is 22.0 Å². The fourth-order valence-electron chi connectivity index (χ4n) is 4.43. The number of fused-ring (bicyclic) bond motifs is 2. The van der Waals surface area contributed by atoms with Crippen molar-refractivity contribution < 1.29 is 9.47 Å². The summed E-state index contributed by atoms with van der Waals surface area (Å²) in [7, 11) is 0. The summed E-state index contributed by atoms with van der Waals surface area (Å²) in [6.45, 7) is 9.60. The van der Waals surface area contributed by atoms with Gasteiger partial charge in [-0.25, -0.2) is 0 Å². The molecule has 0 saturated heterocycles. The SMILES string of the molecule is CC(C)(C)c1ccc(-c2ccc3c(NCCCNCc4cccc5c4OCO5)ccnc3c2)cc1.Cl. The Morgan fingerprint density at radius 1 is 0.889 bits per heavy atom. The molecule has 4 aromatic rings. The third-order valence-electron chi connectivity index (χ3n) is 6.47. The molecule has 0 atom stereocenters. The Labute approximate surface area is 219 Å². The summed E-state index contributed by atoms with van der Waals surface area (Å²) in [5.74, 6) is 1.70. The zero-order valence-corrected chi connectivity index (χ0v) is 22.0. The molecule has 0 radical (unpaired) electrons. The Kier molecular flexibility index (Phi) is 8.02. The quantitative estimate of drug-likeness (QED) is 0.255. The van der Waals surface area contributed by atoms with Crippen molar-refractivity contribution in [2.45, 2.75) is 39.2 Å². The van der Waals surface area contributed by atoms with Gasteiger partial charge in [0.05, 0.1) is 5.52 Å². The first kappa shape index (κ1) is 25.8. The fraction of sp³-hybridized carbons (Fsp3) is 0.300. The van der Waals surface area contributed by atoms with E-state index in [0.717, 1.165) is 59.7 Å². The molecule has 2 N–H and O–H groups in total. The number of hydrogen-bond acceptors (Lipinski definition) is 5. The van der Waals surface area contributed by atoms with Crippen LogP contribution in [0.5, 0.6) is 11.5 Å². The minimum absolute atomic E-state index is 0. The van der Waals surface area contributed by atoms with Crippen LogP contribution in [0.3, 0.4) is 0 Å². The van der Waals surface area contributed by atoms with Gasteiger partial charge >= 0.3 is 0 Å². The molecule has 5 nitrogen and oxygen atoms in total. The van der Waals surface area contributed by atoms with Crippen molar-refractivity contribution in [3.05, 3.63) is 84.1 Å². The summed E-state index contributed by atoms with van der Waals surface area (Å²) >= 11 is 0. The van der Waals surface area contributed by atoms with E-state index in [1.807, 2.05) is 18.3 Å². The van der Waals surface area contributed by atoms with Crippen molar-refractivity contribution in [1.29, 1.82) is 0 Å². The molecule has 3 aromatic carbocycles. The smallest absolute Gasteiger partial charge is 0.231 e. The minimum Gasteiger partial charge on any atom is -0.454 e. The molecular formula is C30H34ClN3O2. The molecule has 0 saturated carbocycles. The highest BCUT2D eigenvalue weighted by molar-refractivity contribution is 5.93. The molecule has 2 heterocycles. The van der Waals surface area contributed by atoms with Crippen molar-refractivity contribution >= 4 is 29.0 Å². The van der Waals surface area contributed by atoms with Crippen molar-refractivity contribution in [2.75, 3.05) is 25.2 Å². The molecule has 0 amide bonds. The standard InChI is InChI=1S/C30H33N3O2.ClH/c1-30(2,3)24-11-8-21(9-12-24)22-10-13-25-26(14-17-33-27(25)18-22)32-16-5-15-31-19-23-6-4-7-28-29(23)35-20-34-28;/h4,6-14,17-18,31H,5,15-16,19-20H2,1-3H3,(H,32,33);1H. The number of nitrogens with zero attached hydrogens (tertiary/aromatic N) is 1. The van der Waals surface area contributed by atoms with Gasteiger partial charge in [0.15, 0.2) is 11.5 Å². The number of pyridine rings is 1. The summed E-state index contributed by atoms with van der Waals surface area (Å²) in [5.41, 5.74) is 7.17. The predicted molar refractivity (Wildman–Crippen MR) is 151 cm³/mol. The Morgan fingerprint density at radius 2 is 1.69 bits per heavy atom. The largest absolute Gasteiger partial charge is 0.454 e. The molecule has 1 aliphatic rings. The number of ether oxygens (including phenoxy) is 2. The van der Waals surface area contributed by atoms with Crippen LogP contribution in [0.4, 0.5) is 5.69 Å². The number of para-hydroxylation sites is 1. The lowest BCUT2D eigenvalue weighted by Gasteiger charge is -2.19. The van der Waals surface area contributed by atoms with E-state index >= 15 is 0 Å². The molecule has 6 heteroatoms. The number of anilines is 1. The second kappa shape index (κ2) is 11.2. The first-order valence-electron chi connectivity index (χ1n) is 12.3. The summed E-state index contributed by atoms with van der Waals surface area (Å²) < 4.78 is 11.0. The zero-order valence-electron chi connectivity index (χ0n) is 21.1. The fourth-order valence-corrected chi connectivity index (χ4v) is 4.43. The summed E-state index contributed by atoms with van der Waals surface area (Å²) in [6, 6.07) is 23.5. The molecule has 0 unspecified atom stereocenters. The van der Waals surface area contributed by atoms with Crippen LogP contribution in [-0.2, 0) is 12.0 Å². The summed E-state index contributed by atoms with van der Waals surface area (Å²) in [6.07, 6.45) is 2.89. The number of halogens is 1. The van der Waals surface area contributed by atoms with Gasteiger partial charge in [-0.05, 0) is 53.3 Å². The van der Waals surface area contributed by atoms with E-state index in [2.05, 4.69) is 91.0 Å². The van der Waals surface area contributed by atoms with E-state index in [-0.39, 0.29) is 17.8 Å². The number of rotatable bonds is 8. The highest BCUT2D eigenvalue weighted by Gasteiger charge is 2.16. The lowest BCUT2D eigenvalue weighted by Crippen LogP contribution is -2.18. The van der Waals surface area contributed by atoms with Gasteiger partial charge in [-0.15, -0.1) is 12.4 Å². The highest BCUT2D eigenvalue weighted by Crippen LogP contribution is 2.35. The van der Waals surface area contributed by atoms with Gasteiger partial charge < -0.3 is 20.1 Å². The van der Waals surface area contributed by atoms with Crippen LogP contribution in [0.1, 0.15) is 38.3 Å². The molecule has 0 bridgehead atoms. The first-order valence-corrected chi connectivity index (χ1v) is 12.3. The zero-order chi connectivity index (χ0) is 24.3. The average molecular weight is 504 g/mol. The van der Waals surface area contributed by atoms with Crippen molar-refractivity contribution in [3.63, 3.8) is 0 Å². The molecule has 36 heavy (non-hydrogen) atoms. The van der Waals surface area contributed by atoms with Gasteiger partial charge in [-0.1, -0.05) is 69.3 Å². The maximum Gasteiger partial charge on any atom is 0.231 e. The third-order valence-corrected chi connectivity index (χ3v) is 6.47. The molecule has 5 rings (SSSR count). The number of hydrogen-bond donors (Lipinski definition) is 2. The second-order valence-electron chi connectivity index (χ2n) is 10.0. The van der Waals surface area contributed by atoms with Gasteiger partial charge in [0.1, 0.15) is 0 Å². The Balaban J connectivity index is 0.00000304. The Morgan fingerprint density at radius 3 is 2.50 bits per heavy atom. The van der Waals surface area contributed by atoms with Crippen LogP contribution >= 0.6 is 12.4 Å². The van der Waals surface area contributed by atoms with E-state index in [9.17, 15) is 0 Å². The van der Waals surface area contributed by atoms with Crippen molar-refractivity contribution in [3.8, 4) is 22.6 Å². The predicted octanol–water partition coefficient (Wildman–Crippen LogP) is 6.94. The maximum absolute atomic E-state index is 5.58. The molecular weight excluding hydrogens is 470 g/mol. The van der Waals surface area contributed by atoms with E-state index in [4.69, 9.17) is 9.47 Å². The average Bonchev–Trinajstić information content (AvgIpc) is 3.35. The monoisotopic (exact) mass is 503 g/mol. The van der Waals surface area contributed by atoms with E-state index in [0.29, 0.717) is 6.79 Å². The Bertz CT molecular complexity index is 1320. The number of benzene rings is 3. The third kappa shape index (κ3) is 5.75. The van der Waals surface area contributed by atoms with Crippen LogP contribution in [-0.4, -0.2) is 24.9 Å². The van der Waals surface area contributed by atoms with E-state index in [1.54, 1.807) is 0 Å². The molecule has 0 spiro atoms. The van der Waals surface area contributed by atoms with Crippen LogP contribution in [0.15, 0.2) is 72.9 Å². The highest BCUT2D eigenvalue weighted by atomic mass is 35.5. The lowest BCUT2D eigenvalue weighted by molar-refractivity contribution is 0.173. The van der Waals surface area contributed by atoms with Crippen molar-refractivity contribution in [2.24, 2.45) is 0 Å². The molecule has 188 valence electrons. The van der Waals surface area contributed by atoms with Gasteiger partial charge in [0, 0.05) is 35.9 Å². The van der Waals surface area contributed by atoms with Gasteiger partial charge in [-0.3, -0.25) is 4.98 Å². The molecule has 1 aliphatic heterocycles. The second-order valence-corrected chi connectivity index (χ2v) is 10.0. The van der Waals surface area contributed by atoms with Gasteiger partial charge in [-0.2, -0.15) is 0 Å². The first-order chi connectivity index (χ1) is 17.0. The molecule has 0 aliphatic carbocycles. The van der Waals surface area contributed by atoms with E-state index in [1.165, 1.54) is 16.7 Å². The Hall–Kier alpha value is -3.28. The van der Waals surface area contributed by atoms with Crippen LogP contribution in [0, 0.1) is 0 Å². The van der Waals surface area contributed by atoms with Crippen LogP contribution < -0.4 is 20.1 Å². The van der Waals surface area contributed by atoms with E-state index < -0.39 is 0 Å². The lowest BCUT2D eigenvalue weighted by atomic mass is 9.86. The minimum atomic E-state index is 0. The summed E-state index contributed by atoms with van der Waals surface area (Å²) in [5, 5.41) is 8.24. The molecule has 0 fully saturated rings. The summed E-state index contributed by atoms with van der Waals surface area (Å²) in [4.78, 5) is 4.63. The van der Waals surface area contributed by atoms with Gasteiger partial charge in [0.25, 0.3) is 0 Å². The normalized spacial score (nSPS) is 12.4. The van der Waals surface area contributed by atoms with Crippen molar-refractivity contribution in [1.82, 2.24) is 10.3 Å². The van der Waals surface area contributed by atoms with Crippen LogP contribution in [0.2, 0.25) is 0 Å². The topological polar surface area (TPSA) is 55.4 Å². The number of aromatic nitrogens is 1. The molecule has 1 aromatic heterocycles. The number of nitrogens with one attached hydrogen (secondary N) is 2. The maximum atomic E-state index is 5.58.